The summed E-state index contributed by atoms with van der Waals surface area (Å²) in [6.07, 6.45) is 0.0508. The third-order valence-electron chi connectivity index (χ3n) is 10.3. The van der Waals surface area contributed by atoms with Gasteiger partial charge in [-0.1, -0.05) is 50.8 Å². The van der Waals surface area contributed by atoms with E-state index in [1.165, 1.54) is 26.8 Å². The van der Waals surface area contributed by atoms with Crippen LogP contribution >= 0.6 is 0 Å². The molecule has 5 aliphatic rings. The van der Waals surface area contributed by atoms with Crippen molar-refractivity contribution in [1.29, 1.82) is 0 Å². The molecule has 45 heavy (non-hydrogen) atoms. The number of carbonyl (C=O) groups is 4. The molecule has 3 aliphatic carbocycles. The molecule has 0 radical (unpaired) electrons. The zero-order valence-electron chi connectivity index (χ0n) is 26.7. The Morgan fingerprint density at radius 1 is 0.978 bits per heavy atom. The SMILES string of the molecule is C=C1[C@@H](OC(=O)/C=C\c2ccccc2)CC[C@@]2(C)[C@@H](OC(C)=O)[C@H](OC(C)=O)C3=C(C)[C@@]4(O)C[C@@H]([C@H](OC(C)=O)[C@H]12)[C@]3(C)CO4. The summed E-state index contributed by atoms with van der Waals surface area (Å²) in [4.78, 5) is 51.1. The van der Waals surface area contributed by atoms with Crippen LogP contribution in [0, 0.1) is 22.7 Å². The van der Waals surface area contributed by atoms with Gasteiger partial charge in [0.05, 0.1) is 6.61 Å². The molecule has 2 saturated carbocycles. The van der Waals surface area contributed by atoms with Crippen molar-refractivity contribution in [3.05, 3.63) is 65.3 Å². The van der Waals surface area contributed by atoms with Crippen molar-refractivity contribution in [2.45, 2.75) is 91.0 Å². The highest BCUT2D eigenvalue weighted by atomic mass is 16.6. The van der Waals surface area contributed by atoms with Crippen molar-refractivity contribution in [1.82, 2.24) is 0 Å². The van der Waals surface area contributed by atoms with Crippen LogP contribution in [0.3, 0.4) is 0 Å². The normalized spacial score (nSPS) is 37.3. The minimum atomic E-state index is -1.73. The summed E-state index contributed by atoms with van der Waals surface area (Å²) in [7, 11) is 0. The fraction of sp³-hybridized carbons (Fsp3) is 0.543. The molecule has 1 aromatic rings. The number of esters is 4. The number of fused-ring (bicyclic) bond motifs is 2. The predicted molar refractivity (Wildman–Crippen MR) is 162 cm³/mol. The Kier molecular flexibility index (Phi) is 8.61. The van der Waals surface area contributed by atoms with Crippen molar-refractivity contribution in [2.24, 2.45) is 22.7 Å². The van der Waals surface area contributed by atoms with E-state index in [2.05, 4.69) is 6.58 Å². The first kappa shape index (κ1) is 32.6. The second kappa shape index (κ2) is 11.9. The van der Waals surface area contributed by atoms with Gasteiger partial charge in [0.2, 0.25) is 0 Å². The quantitative estimate of drug-likeness (QED) is 0.210. The molecule has 4 bridgehead atoms. The number of ether oxygens (including phenoxy) is 5. The van der Waals surface area contributed by atoms with Gasteiger partial charge in [-0.05, 0) is 48.1 Å². The van der Waals surface area contributed by atoms with Crippen molar-refractivity contribution < 1.29 is 48.0 Å². The molecule has 3 fully saturated rings. The van der Waals surface area contributed by atoms with Crippen LogP contribution in [0.25, 0.3) is 6.08 Å². The molecule has 6 rings (SSSR count). The van der Waals surface area contributed by atoms with E-state index in [9.17, 15) is 24.3 Å². The van der Waals surface area contributed by atoms with Gasteiger partial charge in [0, 0.05) is 55.9 Å². The number of hydrogen-bond acceptors (Lipinski definition) is 10. The zero-order valence-corrected chi connectivity index (χ0v) is 26.7. The second-order valence-electron chi connectivity index (χ2n) is 13.2. The Balaban J connectivity index is 1.64. The molecular formula is C35H42O10. The van der Waals surface area contributed by atoms with Gasteiger partial charge in [0.15, 0.2) is 11.9 Å². The van der Waals surface area contributed by atoms with Crippen LogP contribution in [0.1, 0.15) is 66.4 Å². The predicted octanol–water partition coefficient (Wildman–Crippen LogP) is 4.45. The van der Waals surface area contributed by atoms with Crippen molar-refractivity contribution in [3.8, 4) is 0 Å². The van der Waals surface area contributed by atoms with Crippen molar-refractivity contribution in [2.75, 3.05) is 6.61 Å². The lowest BCUT2D eigenvalue weighted by Crippen LogP contribution is -2.69. The molecule has 1 saturated heterocycles. The summed E-state index contributed by atoms with van der Waals surface area (Å²) in [5.41, 5.74) is 0.503. The Bertz CT molecular complexity index is 1460. The van der Waals surface area contributed by atoms with Crippen LogP contribution < -0.4 is 0 Å². The first-order chi connectivity index (χ1) is 21.1. The third kappa shape index (κ3) is 5.74. The maximum absolute atomic E-state index is 13.0. The number of benzene rings is 1. The molecule has 0 unspecified atom stereocenters. The van der Waals surface area contributed by atoms with E-state index in [1.807, 2.05) is 44.2 Å². The molecule has 2 heterocycles. The van der Waals surface area contributed by atoms with Crippen molar-refractivity contribution >= 4 is 30.0 Å². The summed E-state index contributed by atoms with van der Waals surface area (Å²) in [5, 5.41) is 11.8. The van der Waals surface area contributed by atoms with E-state index in [4.69, 9.17) is 23.7 Å². The number of aliphatic hydroxyl groups is 1. The highest BCUT2D eigenvalue weighted by molar-refractivity contribution is 5.87. The summed E-state index contributed by atoms with van der Waals surface area (Å²) in [6, 6.07) is 9.34. The standard InChI is InChI=1S/C35H42O10/c1-19-26(45-27(39)14-13-24-11-9-8-10-12-24)15-16-33(6)28(19)30(42-21(3)36)25-17-35(40)20(2)29(34(25,7)18-41-35)31(43-22(4)37)32(33)44-23(5)38/h8-14,25-26,28,30-32,40H,1,15-18H2,2-7H3/b14-13-/t25-,26-,28-,30-,31+,32-,33+,34-,35+/m0/s1. The molecule has 1 aromatic carbocycles. The second-order valence-corrected chi connectivity index (χ2v) is 13.2. The molecule has 242 valence electrons. The van der Waals surface area contributed by atoms with E-state index in [0.29, 0.717) is 29.6 Å². The van der Waals surface area contributed by atoms with E-state index in [0.717, 1.165) is 5.56 Å². The Morgan fingerprint density at radius 3 is 2.24 bits per heavy atom. The monoisotopic (exact) mass is 622 g/mol. The van der Waals surface area contributed by atoms with Crippen LogP contribution in [0.5, 0.6) is 0 Å². The van der Waals surface area contributed by atoms with Crippen molar-refractivity contribution in [3.63, 3.8) is 0 Å². The smallest absolute Gasteiger partial charge is 0.331 e. The minimum absolute atomic E-state index is 0.0434. The summed E-state index contributed by atoms with van der Waals surface area (Å²) in [5.74, 6) is -5.25. The average molecular weight is 623 g/mol. The summed E-state index contributed by atoms with van der Waals surface area (Å²) < 4.78 is 30.1. The summed E-state index contributed by atoms with van der Waals surface area (Å²) in [6.45, 7) is 13.9. The zero-order chi connectivity index (χ0) is 32.9. The Morgan fingerprint density at radius 2 is 1.62 bits per heavy atom. The largest absolute Gasteiger partial charge is 0.462 e. The third-order valence-corrected chi connectivity index (χ3v) is 10.3. The first-order valence-electron chi connectivity index (χ1n) is 15.3. The fourth-order valence-corrected chi connectivity index (χ4v) is 8.25. The summed E-state index contributed by atoms with van der Waals surface area (Å²) >= 11 is 0. The van der Waals surface area contributed by atoms with Gasteiger partial charge in [-0.25, -0.2) is 4.79 Å². The first-order valence-corrected chi connectivity index (χ1v) is 15.3. The van der Waals surface area contributed by atoms with Gasteiger partial charge < -0.3 is 28.8 Å². The topological polar surface area (TPSA) is 135 Å². The number of hydrogen-bond donors (Lipinski definition) is 1. The van der Waals surface area contributed by atoms with E-state index < -0.39 is 76.7 Å². The van der Waals surface area contributed by atoms with E-state index in [1.54, 1.807) is 13.0 Å². The van der Waals surface area contributed by atoms with Gasteiger partial charge >= 0.3 is 23.9 Å². The Labute approximate surface area is 263 Å². The fourth-order valence-electron chi connectivity index (χ4n) is 8.25. The van der Waals surface area contributed by atoms with Gasteiger partial charge in [0.25, 0.3) is 0 Å². The van der Waals surface area contributed by atoms with Crippen LogP contribution in [-0.4, -0.2) is 65.8 Å². The maximum atomic E-state index is 13.0. The van der Waals surface area contributed by atoms with Gasteiger partial charge in [0.1, 0.15) is 18.3 Å². The van der Waals surface area contributed by atoms with Crippen LogP contribution in [0.2, 0.25) is 0 Å². The lowest BCUT2D eigenvalue weighted by Gasteiger charge is -2.64. The molecule has 1 N–H and O–H groups in total. The molecule has 0 spiro atoms. The molecule has 0 aromatic heterocycles. The van der Waals surface area contributed by atoms with Crippen LogP contribution in [-0.2, 0) is 42.9 Å². The molecule has 10 nitrogen and oxygen atoms in total. The lowest BCUT2D eigenvalue weighted by molar-refractivity contribution is -0.284. The van der Waals surface area contributed by atoms with Crippen LogP contribution in [0.4, 0.5) is 0 Å². The molecule has 2 aliphatic heterocycles. The highest BCUT2D eigenvalue weighted by Gasteiger charge is 2.69. The lowest BCUT2D eigenvalue weighted by atomic mass is 9.48. The maximum Gasteiger partial charge on any atom is 0.331 e. The molecular weight excluding hydrogens is 580 g/mol. The van der Waals surface area contributed by atoms with Crippen LogP contribution in [0.15, 0.2) is 59.7 Å². The van der Waals surface area contributed by atoms with E-state index >= 15 is 0 Å². The minimum Gasteiger partial charge on any atom is -0.462 e. The van der Waals surface area contributed by atoms with E-state index in [-0.39, 0.29) is 13.0 Å². The molecule has 0 amide bonds. The molecule has 9 atom stereocenters. The van der Waals surface area contributed by atoms with Gasteiger partial charge in [-0.3, -0.25) is 14.4 Å². The van der Waals surface area contributed by atoms with Gasteiger partial charge in [-0.15, -0.1) is 0 Å². The average Bonchev–Trinajstić information content (AvgIpc) is 2.96. The molecule has 10 heteroatoms. The number of rotatable bonds is 6. The Hall–Kier alpha value is -3.76. The number of carbonyl (C=O) groups excluding carboxylic acids is 4. The van der Waals surface area contributed by atoms with Gasteiger partial charge in [-0.2, -0.15) is 0 Å². The highest BCUT2D eigenvalue weighted by Crippen LogP contribution is 2.64.